The zero-order chi connectivity index (χ0) is 8.48. The molecule has 1 nitrogen and oxygen atoms in total. The largest absolute Gasteiger partial charge is 0.327 e. The second-order valence-electron chi connectivity index (χ2n) is 3.79. The van der Waals surface area contributed by atoms with Crippen molar-refractivity contribution in [2.75, 3.05) is 0 Å². The predicted octanol–water partition coefficient (Wildman–Crippen LogP) is 2.25. The first-order chi connectivity index (χ1) is 5.09. The third-order valence-corrected chi connectivity index (χ3v) is 2.73. The maximum Gasteiger partial charge on any atom is 0.0165 e. The van der Waals surface area contributed by atoms with Gasteiger partial charge in [-0.25, -0.2) is 0 Å². The SMILES string of the molecule is C=CCC=C1CC(N)C1(C)C. The van der Waals surface area contributed by atoms with Gasteiger partial charge in [0.25, 0.3) is 0 Å². The lowest BCUT2D eigenvalue weighted by Crippen LogP contribution is -2.48. The molecular weight excluding hydrogens is 134 g/mol. The molecule has 0 bridgehead atoms. The van der Waals surface area contributed by atoms with Gasteiger partial charge in [-0.05, 0) is 12.8 Å². The van der Waals surface area contributed by atoms with Gasteiger partial charge in [0.2, 0.25) is 0 Å². The topological polar surface area (TPSA) is 26.0 Å². The summed E-state index contributed by atoms with van der Waals surface area (Å²) in [6.07, 6.45) is 6.22. The Balaban J connectivity index is 2.58. The molecule has 0 aromatic heterocycles. The van der Waals surface area contributed by atoms with Crippen LogP contribution in [0.1, 0.15) is 26.7 Å². The molecule has 0 amide bonds. The van der Waals surface area contributed by atoms with Crippen LogP contribution in [0.3, 0.4) is 0 Å². The van der Waals surface area contributed by atoms with Crippen LogP contribution >= 0.6 is 0 Å². The zero-order valence-electron chi connectivity index (χ0n) is 7.43. The Morgan fingerprint density at radius 2 is 2.36 bits per heavy atom. The second kappa shape index (κ2) is 2.82. The van der Waals surface area contributed by atoms with Crippen LogP contribution in [-0.4, -0.2) is 6.04 Å². The van der Waals surface area contributed by atoms with E-state index in [-0.39, 0.29) is 5.41 Å². The molecule has 2 N–H and O–H groups in total. The van der Waals surface area contributed by atoms with E-state index in [4.69, 9.17) is 5.73 Å². The van der Waals surface area contributed by atoms with E-state index in [0.29, 0.717) is 6.04 Å². The minimum Gasteiger partial charge on any atom is -0.327 e. The van der Waals surface area contributed by atoms with Crippen molar-refractivity contribution >= 4 is 0 Å². The third kappa shape index (κ3) is 1.38. The Kier molecular flexibility index (Phi) is 2.19. The summed E-state index contributed by atoms with van der Waals surface area (Å²) >= 11 is 0. The normalized spacial score (nSPS) is 31.5. The van der Waals surface area contributed by atoms with Crippen LogP contribution in [0.25, 0.3) is 0 Å². The molecule has 1 unspecified atom stereocenters. The van der Waals surface area contributed by atoms with Crippen LogP contribution in [0.15, 0.2) is 24.3 Å². The zero-order valence-corrected chi connectivity index (χ0v) is 7.43. The second-order valence-corrected chi connectivity index (χ2v) is 3.79. The van der Waals surface area contributed by atoms with Crippen molar-refractivity contribution < 1.29 is 0 Å². The average molecular weight is 151 g/mol. The van der Waals surface area contributed by atoms with Gasteiger partial charge in [-0.2, -0.15) is 0 Å². The van der Waals surface area contributed by atoms with Crippen LogP contribution in [0.4, 0.5) is 0 Å². The number of hydrogen-bond acceptors (Lipinski definition) is 1. The lowest BCUT2D eigenvalue weighted by Gasteiger charge is -2.45. The fraction of sp³-hybridized carbons (Fsp3) is 0.600. The minimum atomic E-state index is 0.239. The number of hydrogen-bond donors (Lipinski definition) is 1. The van der Waals surface area contributed by atoms with Gasteiger partial charge >= 0.3 is 0 Å². The highest BCUT2D eigenvalue weighted by atomic mass is 14.7. The molecular formula is C10H17N. The molecule has 1 fully saturated rings. The summed E-state index contributed by atoms with van der Waals surface area (Å²) in [5.74, 6) is 0. The quantitative estimate of drug-likeness (QED) is 0.602. The molecule has 0 heterocycles. The Morgan fingerprint density at radius 1 is 1.73 bits per heavy atom. The summed E-state index contributed by atoms with van der Waals surface area (Å²) < 4.78 is 0. The van der Waals surface area contributed by atoms with Crippen molar-refractivity contribution in [2.45, 2.75) is 32.7 Å². The van der Waals surface area contributed by atoms with Gasteiger partial charge in [0, 0.05) is 11.5 Å². The highest BCUT2D eigenvalue weighted by molar-refractivity contribution is 5.27. The van der Waals surface area contributed by atoms with Crippen molar-refractivity contribution in [3.8, 4) is 0 Å². The number of rotatable bonds is 2. The summed E-state index contributed by atoms with van der Waals surface area (Å²) in [6, 6.07) is 0.360. The van der Waals surface area contributed by atoms with Crippen LogP contribution in [0, 0.1) is 5.41 Å². The first kappa shape index (κ1) is 8.54. The fourth-order valence-electron chi connectivity index (χ4n) is 1.43. The molecule has 1 rings (SSSR count). The van der Waals surface area contributed by atoms with E-state index < -0.39 is 0 Å². The molecule has 1 saturated carbocycles. The summed E-state index contributed by atoms with van der Waals surface area (Å²) in [6.45, 7) is 8.09. The summed E-state index contributed by atoms with van der Waals surface area (Å²) in [4.78, 5) is 0. The van der Waals surface area contributed by atoms with E-state index in [1.165, 1.54) is 5.57 Å². The molecule has 0 aliphatic heterocycles. The van der Waals surface area contributed by atoms with Gasteiger partial charge in [-0.1, -0.05) is 31.6 Å². The summed E-state index contributed by atoms with van der Waals surface area (Å²) in [5.41, 5.74) is 7.58. The molecule has 1 atom stereocenters. The monoisotopic (exact) mass is 151 g/mol. The summed E-state index contributed by atoms with van der Waals surface area (Å²) in [7, 11) is 0. The van der Waals surface area contributed by atoms with Crippen LogP contribution in [0.5, 0.6) is 0 Å². The van der Waals surface area contributed by atoms with Crippen LogP contribution in [0.2, 0.25) is 0 Å². The predicted molar refractivity (Wildman–Crippen MR) is 49.3 cm³/mol. The fourth-order valence-corrected chi connectivity index (χ4v) is 1.43. The van der Waals surface area contributed by atoms with Crippen LogP contribution < -0.4 is 5.73 Å². The third-order valence-electron chi connectivity index (χ3n) is 2.73. The van der Waals surface area contributed by atoms with Gasteiger partial charge < -0.3 is 5.73 Å². The molecule has 0 radical (unpaired) electrons. The van der Waals surface area contributed by atoms with Gasteiger partial charge in [0.1, 0.15) is 0 Å². The minimum absolute atomic E-state index is 0.239. The molecule has 11 heavy (non-hydrogen) atoms. The van der Waals surface area contributed by atoms with E-state index in [9.17, 15) is 0 Å². The van der Waals surface area contributed by atoms with E-state index in [1.54, 1.807) is 0 Å². The maximum atomic E-state index is 5.85. The van der Waals surface area contributed by atoms with Crippen molar-refractivity contribution in [2.24, 2.45) is 11.1 Å². The highest BCUT2D eigenvalue weighted by Gasteiger charge is 2.40. The van der Waals surface area contributed by atoms with E-state index >= 15 is 0 Å². The van der Waals surface area contributed by atoms with Crippen LogP contribution in [-0.2, 0) is 0 Å². The molecule has 0 aromatic rings. The van der Waals surface area contributed by atoms with Crippen molar-refractivity contribution in [1.29, 1.82) is 0 Å². The summed E-state index contributed by atoms with van der Waals surface area (Å²) in [5, 5.41) is 0. The Labute approximate surface area is 69.0 Å². The molecule has 1 aliphatic rings. The highest BCUT2D eigenvalue weighted by Crippen LogP contribution is 2.44. The average Bonchev–Trinajstić information content (AvgIpc) is 1.97. The first-order valence-corrected chi connectivity index (χ1v) is 4.15. The maximum absolute atomic E-state index is 5.85. The van der Waals surface area contributed by atoms with Crippen molar-refractivity contribution in [3.63, 3.8) is 0 Å². The molecule has 1 aliphatic carbocycles. The standard InChI is InChI=1S/C10H17N/c1-4-5-6-8-7-9(11)10(8,2)3/h4,6,9H,1,5,7,11H2,2-3H3. The lowest BCUT2D eigenvalue weighted by molar-refractivity contribution is 0.246. The lowest BCUT2D eigenvalue weighted by atomic mass is 9.63. The molecule has 62 valence electrons. The van der Waals surface area contributed by atoms with E-state index in [0.717, 1.165) is 12.8 Å². The number of allylic oxidation sites excluding steroid dienone is 2. The van der Waals surface area contributed by atoms with E-state index in [1.807, 2.05) is 6.08 Å². The van der Waals surface area contributed by atoms with Crippen molar-refractivity contribution in [1.82, 2.24) is 0 Å². The number of nitrogens with two attached hydrogens (primary N) is 1. The Hall–Kier alpha value is -0.560. The molecule has 1 heteroatoms. The van der Waals surface area contributed by atoms with E-state index in [2.05, 4.69) is 26.5 Å². The van der Waals surface area contributed by atoms with Gasteiger partial charge in [-0.15, -0.1) is 6.58 Å². The Bertz CT molecular complexity index is 189. The van der Waals surface area contributed by atoms with Gasteiger partial charge in [-0.3, -0.25) is 0 Å². The van der Waals surface area contributed by atoms with Gasteiger partial charge in [0.15, 0.2) is 0 Å². The Morgan fingerprint density at radius 3 is 2.73 bits per heavy atom. The molecule has 0 spiro atoms. The van der Waals surface area contributed by atoms with Gasteiger partial charge in [0.05, 0.1) is 0 Å². The first-order valence-electron chi connectivity index (χ1n) is 4.15. The molecule has 0 aromatic carbocycles. The smallest absolute Gasteiger partial charge is 0.0165 e. The molecule has 0 saturated heterocycles. The van der Waals surface area contributed by atoms with Crippen molar-refractivity contribution in [3.05, 3.63) is 24.3 Å².